The van der Waals surface area contributed by atoms with E-state index in [1.165, 1.54) is 12.0 Å². The number of methoxy groups -OCH3 is 1. The maximum absolute atomic E-state index is 11.5. The topological polar surface area (TPSA) is 87.1 Å². The Morgan fingerprint density at radius 3 is 2.73 bits per heavy atom. The quantitative estimate of drug-likeness (QED) is 0.635. The molecule has 1 rings (SSSR count). The number of carbonyl (C=O) groups is 2. The van der Waals surface area contributed by atoms with Crippen LogP contribution in [0, 0.1) is 0 Å². The number of carboxylic acid groups (broad SMARTS) is 1. The van der Waals surface area contributed by atoms with Gasteiger partial charge in [-0.1, -0.05) is 0 Å². The fourth-order valence-electron chi connectivity index (χ4n) is 1.66. The molecule has 2 atom stereocenters. The molecular formula is C9H15NO5. The minimum Gasteiger partial charge on any atom is -0.480 e. The lowest BCUT2D eigenvalue weighted by Gasteiger charge is -2.20. The highest BCUT2D eigenvalue weighted by atomic mass is 16.5. The summed E-state index contributed by atoms with van der Waals surface area (Å²) in [6, 6.07) is -0.899. The normalized spacial score (nSPS) is 25.6. The molecule has 1 fully saturated rings. The molecule has 86 valence electrons. The van der Waals surface area contributed by atoms with Crippen LogP contribution in [-0.4, -0.2) is 59.4 Å². The maximum Gasteiger partial charge on any atom is 0.326 e. The number of β-amino-alcohol motifs (C(OH)–C–C–N with tert-alkyl or cyclic N) is 1. The SMILES string of the molecule is COCCC(=O)N1C[C@H](O)C[C@@H]1C(=O)O. The molecule has 6 nitrogen and oxygen atoms in total. The first-order chi connectivity index (χ1) is 7.06. The highest BCUT2D eigenvalue weighted by Gasteiger charge is 2.38. The van der Waals surface area contributed by atoms with Crippen LogP contribution < -0.4 is 0 Å². The zero-order valence-electron chi connectivity index (χ0n) is 8.55. The van der Waals surface area contributed by atoms with Crippen LogP contribution in [-0.2, 0) is 14.3 Å². The third-order valence-electron chi connectivity index (χ3n) is 2.40. The van der Waals surface area contributed by atoms with Gasteiger partial charge in [0.2, 0.25) is 5.91 Å². The first kappa shape index (κ1) is 11.9. The summed E-state index contributed by atoms with van der Waals surface area (Å²) in [4.78, 5) is 23.5. The Labute approximate surface area is 87.4 Å². The van der Waals surface area contributed by atoms with Crippen LogP contribution >= 0.6 is 0 Å². The van der Waals surface area contributed by atoms with E-state index in [0.29, 0.717) is 0 Å². The van der Waals surface area contributed by atoms with E-state index >= 15 is 0 Å². The second-order valence-corrected chi connectivity index (χ2v) is 3.53. The van der Waals surface area contributed by atoms with Crippen molar-refractivity contribution in [2.75, 3.05) is 20.3 Å². The highest BCUT2D eigenvalue weighted by molar-refractivity contribution is 5.84. The lowest BCUT2D eigenvalue weighted by Crippen LogP contribution is -2.40. The van der Waals surface area contributed by atoms with Gasteiger partial charge in [-0.25, -0.2) is 4.79 Å². The van der Waals surface area contributed by atoms with Gasteiger partial charge in [0.1, 0.15) is 6.04 Å². The Hall–Kier alpha value is -1.14. The number of hydrogen-bond donors (Lipinski definition) is 2. The largest absolute Gasteiger partial charge is 0.480 e. The van der Waals surface area contributed by atoms with Crippen LogP contribution in [0.15, 0.2) is 0 Å². The lowest BCUT2D eigenvalue weighted by molar-refractivity contribution is -0.148. The van der Waals surface area contributed by atoms with Crippen molar-refractivity contribution in [3.05, 3.63) is 0 Å². The smallest absolute Gasteiger partial charge is 0.326 e. The molecule has 0 radical (unpaired) electrons. The standard InChI is InChI=1S/C9H15NO5/c1-15-3-2-8(12)10-5-6(11)4-7(10)9(13)14/h6-7,11H,2-5H2,1H3,(H,13,14)/t6-,7-/m1/s1. The van der Waals surface area contributed by atoms with Crippen molar-refractivity contribution >= 4 is 11.9 Å². The summed E-state index contributed by atoms with van der Waals surface area (Å²) >= 11 is 0. The minimum atomic E-state index is -1.07. The number of hydrogen-bond acceptors (Lipinski definition) is 4. The van der Waals surface area contributed by atoms with Crippen LogP contribution in [0.3, 0.4) is 0 Å². The van der Waals surface area contributed by atoms with Gasteiger partial charge in [-0.3, -0.25) is 4.79 Å². The van der Waals surface area contributed by atoms with E-state index in [1.54, 1.807) is 0 Å². The monoisotopic (exact) mass is 217 g/mol. The molecule has 6 heteroatoms. The zero-order chi connectivity index (χ0) is 11.4. The highest BCUT2D eigenvalue weighted by Crippen LogP contribution is 2.18. The second-order valence-electron chi connectivity index (χ2n) is 3.53. The molecule has 1 aliphatic rings. The van der Waals surface area contributed by atoms with Crippen molar-refractivity contribution in [1.82, 2.24) is 4.90 Å². The summed E-state index contributed by atoms with van der Waals surface area (Å²) in [5, 5.41) is 18.1. The van der Waals surface area contributed by atoms with Crippen molar-refractivity contribution in [1.29, 1.82) is 0 Å². The number of nitrogens with zero attached hydrogens (tertiary/aromatic N) is 1. The molecule has 0 spiro atoms. The number of aliphatic hydroxyl groups is 1. The minimum absolute atomic E-state index is 0.0967. The number of carbonyl (C=O) groups excluding carboxylic acids is 1. The molecule has 0 aromatic heterocycles. The average molecular weight is 217 g/mol. The molecule has 1 aliphatic heterocycles. The molecule has 0 aliphatic carbocycles. The molecule has 0 bridgehead atoms. The van der Waals surface area contributed by atoms with Crippen LogP contribution in [0.2, 0.25) is 0 Å². The molecule has 1 amide bonds. The number of aliphatic hydroxyl groups excluding tert-OH is 1. The summed E-state index contributed by atoms with van der Waals surface area (Å²) in [5.74, 6) is -1.36. The molecular weight excluding hydrogens is 202 g/mol. The van der Waals surface area contributed by atoms with Gasteiger partial charge in [-0.2, -0.15) is 0 Å². The van der Waals surface area contributed by atoms with Crippen molar-refractivity contribution in [3.63, 3.8) is 0 Å². The van der Waals surface area contributed by atoms with E-state index in [2.05, 4.69) is 0 Å². The predicted octanol–water partition coefficient (Wildman–Crippen LogP) is -0.931. The summed E-state index contributed by atoms with van der Waals surface area (Å²) in [6.07, 6.45) is -0.487. The van der Waals surface area contributed by atoms with Gasteiger partial charge in [-0.05, 0) is 0 Å². The van der Waals surface area contributed by atoms with Crippen molar-refractivity contribution < 1.29 is 24.5 Å². The summed E-state index contributed by atoms with van der Waals surface area (Å²) in [7, 11) is 1.47. The second kappa shape index (κ2) is 5.09. The number of aliphatic carboxylic acids is 1. The Morgan fingerprint density at radius 2 is 2.20 bits per heavy atom. The molecule has 2 N–H and O–H groups in total. The first-order valence-corrected chi connectivity index (χ1v) is 4.75. The van der Waals surface area contributed by atoms with Crippen molar-refractivity contribution in [2.24, 2.45) is 0 Å². The summed E-state index contributed by atoms with van der Waals surface area (Å²) in [6.45, 7) is 0.358. The summed E-state index contributed by atoms with van der Waals surface area (Å²) < 4.78 is 4.74. The first-order valence-electron chi connectivity index (χ1n) is 4.75. The van der Waals surface area contributed by atoms with Crippen LogP contribution in [0.5, 0.6) is 0 Å². The zero-order valence-corrected chi connectivity index (χ0v) is 8.55. The van der Waals surface area contributed by atoms with E-state index in [-0.39, 0.29) is 31.9 Å². The fraction of sp³-hybridized carbons (Fsp3) is 0.778. The number of amides is 1. The van der Waals surface area contributed by atoms with E-state index in [1.807, 2.05) is 0 Å². The molecule has 1 saturated heterocycles. The van der Waals surface area contributed by atoms with Gasteiger partial charge in [0.05, 0.1) is 19.1 Å². The van der Waals surface area contributed by atoms with Crippen molar-refractivity contribution in [3.8, 4) is 0 Å². The summed E-state index contributed by atoms with van der Waals surface area (Å²) in [5.41, 5.74) is 0. The Kier molecular flexibility index (Phi) is 4.05. The molecule has 0 aromatic rings. The Morgan fingerprint density at radius 1 is 1.53 bits per heavy atom. The van der Waals surface area contributed by atoms with E-state index < -0.39 is 18.1 Å². The van der Waals surface area contributed by atoms with Crippen LogP contribution in [0.4, 0.5) is 0 Å². The van der Waals surface area contributed by atoms with E-state index in [9.17, 15) is 14.7 Å². The van der Waals surface area contributed by atoms with Gasteiger partial charge < -0.3 is 19.8 Å². The predicted molar refractivity (Wildman–Crippen MR) is 50.3 cm³/mol. The van der Waals surface area contributed by atoms with Crippen LogP contribution in [0.1, 0.15) is 12.8 Å². The molecule has 0 aromatic carbocycles. The Bertz CT molecular complexity index is 255. The lowest BCUT2D eigenvalue weighted by atomic mass is 10.2. The molecule has 0 unspecified atom stereocenters. The number of carboxylic acids is 1. The third kappa shape index (κ3) is 2.90. The average Bonchev–Trinajstić information content (AvgIpc) is 2.57. The van der Waals surface area contributed by atoms with Crippen molar-refractivity contribution in [2.45, 2.75) is 25.0 Å². The maximum atomic E-state index is 11.5. The molecule has 0 saturated carbocycles. The van der Waals surface area contributed by atoms with Crippen LogP contribution in [0.25, 0.3) is 0 Å². The van der Waals surface area contributed by atoms with Gasteiger partial charge >= 0.3 is 5.97 Å². The van der Waals surface area contributed by atoms with Gasteiger partial charge in [0, 0.05) is 20.1 Å². The Balaban J connectivity index is 2.58. The number of rotatable bonds is 4. The van der Waals surface area contributed by atoms with E-state index in [0.717, 1.165) is 0 Å². The molecule has 1 heterocycles. The van der Waals surface area contributed by atoms with Gasteiger partial charge in [0.15, 0.2) is 0 Å². The number of likely N-dealkylation sites (tertiary alicyclic amines) is 1. The third-order valence-corrected chi connectivity index (χ3v) is 2.40. The molecule has 15 heavy (non-hydrogen) atoms. The van der Waals surface area contributed by atoms with Gasteiger partial charge in [0.25, 0.3) is 0 Å². The fourth-order valence-corrected chi connectivity index (χ4v) is 1.66. The van der Waals surface area contributed by atoms with E-state index in [4.69, 9.17) is 9.84 Å². The number of ether oxygens (including phenoxy) is 1. The van der Waals surface area contributed by atoms with Gasteiger partial charge in [-0.15, -0.1) is 0 Å².